The molecule has 33 heavy (non-hydrogen) atoms. The Balaban J connectivity index is 2.62. The maximum absolute atomic E-state index is 13.5. The van der Waals surface area contributed by atoms with Crippen molar-refractivity contribution in [2.75, 3.05) is 11.5 Å². The first kappa shape index (κ1) is 29.1. The molecule has 188 valence electrons. The van der Waals surface area contributed by atoms with Crippen LogP contribution in [0.2, 0.25) is 0 Å². The van der Waals surface area contributed by atoms with E-state index in [-0.39, 0.29) is 25.0 Å². The van der Waals surface area contributed by atoms with E-state index < -0.39 is 41.4 Å². The van der Waals surface area contributed by atoms with Crippen LogP contribution in [-0.4, -0.2) is 47.0 Å². The number of amides is 1. The van der Waals surface area contributed by atoms with Crippen molar-refractivity contribution in [1.29, 1.82) is 0 Å². The lowest BCUT2D eigenvalue weighted by atomic mass is 9.96. The van der Waals surface area contributed by atoms with Gasteiger partial charge in [-0.15, -0.1) is 0 Å². The molecule has 0 aliphatic rings. The zero-order valence-electron chi connectivity index (χ0n) is 20.3. The molecule has 5 nitrogen and oxygen atoms in total. The number of hydrogen-bond donors (Lipinski definition) is 1. The molecule has 0 fully saturated rings. The average molecular weight is 492 g/mol. The summed E-state index contributed by atoms with van der Waals surface area (Å²) in [5.41, 5.74) is -0.825. The molecule has 0 saturated carbocycles. The van der Waals surface area contributed by atoms with Gasteiger partial charge in [0.25, 0.3) is 0 Å². The van der Waals surface area contributed by atoms with Gasteiger partial charge in [0.1, 0.15) is 17.2 Å². The third-order valence-electron chi connectivity index (χ3n) is 4.33. The first-order valence-electron chi connectivity index (χ1n) is 11.0. The van der Waals surface area contributed by atoms with Crippen LogP contribution in [0.4, 0.5) is 18.0 Å². The standard InChI is InChI=1S/C24H36F3NO4S/c1-22(2,3)31-20(29)19(28-21(30)32-23(4,5)6)13-15-33-14-12-18(24(25,26)27)16-17-10-8-7-9-11-17/h7-11,18-19H,12-16H2,1-6H3,(H,28,30)/t18?,19-/m0/s1. The minimum Gasteiger partial charge on any atom is -0.458 e. The van der Waals surface area contributed by atoms with Crippen LogP contribution in [0.3, 0.4) is 0 Å². The van der Waals surface area contributed by atoms with Crippen LogP contribution in [0.15, 0.2) is 30.3 Å². The van der Waals surface area contributed by atoms with Crippen LogP contribution in [0, 0.1) is 5.92 Å². The zero-order valence-corrected chi connectivity index (χ0v) is 21.1. The highest BCUT2D eigenvalue weighted by molar-refractivity contribution is 7.99. The molecule has 1 amide bonds. The van der Waals surface area contributed by atoms with Crippen molar-refractivity contribution in [3.8, 4) is 0 Å². The summed E-state index contributed by atoms with van der Waals surface area (Å²) in [6.07, 6.45) is -4.91. The fourth-order valence-electron chi connectivity index (χ4n) is 2.88. The molecule has 9 heteroatoms. The van der Waals surface area contributed by atoms with Gasteiger partial charge in [-0.2, -0.15) is 24.9 Å². The predicted octanol–water partition coefficient (Wildman–Crippen LogP) is 6.16. The number of hydrogen-bond acceptors (Lipinski definition) is 5. The largest absolute Gasteiger partial charge is 0.458 e. The van der Waals surface area contributed by atoms with E-state index in [2.05, 4.69) is 5.32 Å². The van der Waals surface area contributed by atoms with Crippen molar-refractivity contribution in [1.82, 2.24) is 5.32 Å². The third-order valence-corrected chi connectivity index (χ3v) is 5.38. The number of carbonyl (C=O) groups is 2. The van der Waals surface area contributed by atoms with Gasteiger partial charge in [0, 0.05) is 0 Å². The summed E-state index contributed by atoms with van der Waals surface area (Å²) in [6.45, 7) is 10.3. The highest BCUT2D eigenvalue weighted by Gasteiger charge is 2.39. The molecule has 1 N–H and O–H groups in total. The van der Waals surface area contributed by atoms with Crippen LogP contribution in [0.5, 0.6) is 0 Å². The Kier molecular flexibility index (Phi) is 11.1. The molecule has 0 bridgehead atoms. The van der Waals surface area contributed by atoms with E-state index in [1.165, 1.54) is 11.8 Å². The summed E-state index contributed by atoms with van der Waals surface area (Å²) in [6, 6.07) is 7.67. The summed E-state index contributed by atoms with van der Waals surface area (Å²) in [5, 5.41) is 2.52. The smallest absolute Gasteiger partial charge is 0.408 e. The zero-order chi connectivity index (χ0) is 25.3. The van der Waals surface area contributed by atoms with Gasteiger partial charge >= 0.3 is 18.2 Å². The van der Waals surface area contributed by atoms with Crippen molar-refractivity contribution in [2.45, 2.75) is 84.2 Å². The fourth-order valence-corrected chi connectivity index (χ4v) is 3.94. The Morgan fingerprint density at radius 3 is 1.97 bits per heavy atom. The van der Waals surface area contributed by atoms with Crippen LogP contribution in [-0.2, 0) is 20.7 Å². The summed E-state index contributed by atoms with van der Waals surface area (Å²) in [7, 11) is 0. The van der Waals surface area contributed by atoms with Gasteiger partial charge in [0.05, 0.1) is 5.92 Å². The van der Waals surface area contributed by atoms with Crippen LogP contribution < -0.4 is 5.32 Å². The van der Waals surface area contributed by atoms with Gasteiger partial charge in [-0.3, -0.25) is 0 Å². The van der Waals surface area contributed by atoms with Gasteiger partial charge in [-0.1, -0.05) is 30.3 Å². The second kappa shape index (κ2) is 12.5. The fraction of sp³-hybridized carbons (Fsp3) is 0.667. The predicted molar refractivity (Wildman–Crippen MR) is 125 cm³/mol. The van der Waals surface area contributed by atoms with E-state index in [1.807, 2.05) is 0 Å². The van der Waals surface area contributed by atoms with Crippen LogP contribution in [0.1, 0.15) is 59.9 Å². The minimum absolute atomic E-state index is 0.0281. The van der Waals surface area contributed by atoms with E-state index in [9.17, 15) is 22.8 Å². The number of rotatable bonds is 10. The Hall–Kier alpha value is -1.90. The summed E-state index contributed by atoms with van der Waals surface area (Å²) in [5.74, 6) is -1.37. The van der Waals surface area contributed by atoms with Crippen molar-refractivity contribution in [3.05, 3.63) is 35.9 Å². The second-order valence-corrected chi connectivity index (χ2v) is 11.1. The van der Waals surface area contributed by atoms with Gasteiger partial charge in [-0.25, -0.2) is 9.59 Å². The van der Waals surface area contributed by atoms with Gasteiger partial charge in [0.2, 0.25) is 0 Å². The number of carbonyl (C=O) groups excluding carboxylic acids is 2. The molecule has 0 spiro atoms. The molecular formula is C24H36F3NO4S. The van der Waals surface area contributed by atoms with Gasteiger partial charge < -0.3 is 14.8 Å². The maximum Gasteiger partial charge on any atom is 0.408 e. The minimum atomic E-state index is -4.28. The normalized spacial score (nSPS) is 14.3. The SMILES string of the molecule is CC(C)(C)OC(=O)N[C@@H](CCSCCC(Cc1ccccc1)C(F)(F)F)C(=O)OC(C)(C)C. The van der Waals surface area contributed by atoms with E-state index in [0.29, 0.717) is 11.3 Å². The topological polar surface area (TPSA) is 64.6 Å². The van der Waals surface area contributed by atoms with E-state index in [0.717, 1.165) is 0 Å². The lowest BCUT2D eigenvalue weighted by molar-refractivity contribution is -0.174. The Bertz CT molecular complexity index is 743. The molecule has 1 aromatic rings. The van der Waals surface area contributed by atoms with E-state index >= 15 is 0 Å². The molecule has 0 aromatic heterocycles. The lowest BCUT2D eigenvalue weighted by Gasteiger charge is -2.26. The molecule has 1 unspecified atom stereocenters. The second-order valence-electron chi connectivity index (χ2n) is 9.85. The summed E-state index contributed by atoms with van der Waals surface area (Å²) < 4.78 is 50.9. The molecule has 0 heterocycles. The molecule has 0 saturated heterocycles. The number of halogens is 3. The van der Waals surface area contributed by atoms with E-state index in [1.54, 1.807) is 71.9 Å². The lowest BCUT2D eigenvalue weighted by Crippen LogP contribution is -2.46. The van der Waals surface area contributed by atoms with Gasteiger partial charge in [-0.05, 0) is 77.9 Å². The third kappa shape index (κ3) is 13.4. The summed E-state index contributed by atoms with van der Waals surface area (Å²) >= 11 is 1.31. The number of thioether (sulfide) groups is 1. The molecule has 0 aliphatic carbocycles. The van der Waals surface area contributed by atoms with Crippen molar-refractivity contribution >= 4 is 23.8 Å². The molecule has 2 atom stereocenters. The Morgan fingerprint density at radius 1 is 0.909 bits per heavy atom. The maximum atomic E-state index is 13.5. The van der Waals surface area contributed by atoms with Crippen molar-refractivity contribution in [2.24, 2.45) is 5.92 Å². The number of esters is 1. The highest BCUT2D eigenvalue weighted by Crippen LogP contribution is 2.32. The number of benzene rings is 1. The van der Waals surface area contributed by atoms with Crippen molar-refractivity contribution in [3.63, 3.8) is 0 Å². The summed E-state index contributed by atoms with van der Waals surface area (Å²) in [4.78, 5) is 24.6. The number of alkyl halides is 3. The first-order chi connectivity index (χ1) is 15.1. The monoisotopic (exact) mass is 491 g/mol. The average Bonchev–Trinajstić information content (AvgIpc) is 2.63. The molecule has 1 aromatic carbocycles. The molecule has 0 aliphatic heterocycles. The van der Waals surface area contributed by atoms with Gasteiger partial charge in [0.15, 0.2) is 0 Å². The van der Waals surface area contributed by atoms with Crippen molar-refractivity contribution < 1.29 is 32.2 Å². The van der Waals surface area contributed by atoms with Crippen LogP contribution in [0.25, 0.3) is 0 Å². The number of nitrogens with one attached hydrogen (secondary N) is 1. The molecule has 1 rings (SSSR count). The Labute approximate surface area is 199 Å². The molecule has 0 radical (unpaired) electrons. The molecular weight excluding hydrogens is 455 g/mol. The number of alkyl carbamates (subject to hydrolysis) is 1. The highest BCUT2D eigenvalue weighted by atomic mass is 32.2. The van der Waals surface area contributed by atoms with Crippen LogP contribution >= 0.6 is 11.8 Å². The first-order valence-corrected chi connectivity index (χ1v) is 12.1. The number of ether oxygens (including phenoxy) is 2. The quantitative estimate of drug-likeness (QED) is 0.314. The van der Waals surface area contributed by atoms with E-state index in [4.69, 9.17) is 9.47 Å². The Morgan fingerprint density at radius 2 is 1.45 bits per heavy atom.